The molecule has 4 heteroatoms. The van der Waals surface area contributed by atoms with Gasteiger partial charge in [-0.05, 0) is 90.5 Å². The summed E-state index contributed by atoms with van der Waals surface area (Å²) in [5, 5.41) is 28.9. The normalized spacial score (nSPS) is 32.6. The second-order valence-electron chi connectivity index (χ2n) is 10.8. The van der Waals surface area contributed by atoms with E-state index in [-0.39, 0.29) is 23.2 Å². The lowest BCUT2D eigenvalue weighted by Gasteiger charge is -2.52. The molecule has 2 saturated carbocycles. The lowest BCUT2D eigenvalue weighted by Crippen LogP contribution is -2.45. The maximum absolute atomic E-state index is 12.1. The van der Waals surface area contributed by atoms with Crippen LogP contribution >= 0.6 is 0 Å². The summed E-state index contributed by atoms with van der Waals surface area (Å²) in [4.78, 5) is 12.1. The first-order valence-electron chi connectivity index (χ1n) is 12.6. The van der Waals surface area contributed by atoms with E-state index in [2.05, 4.69) is 31.2 Å². The molecule has 174 valence electrons. The largest absolute Gasteiger partial charge is 0.393 e. The standard InChI is InChI=1S/C30H32N2O2/c1-30-16-26(21-7-5-19(6-8-21)3-2-4-20(17-31)18-32)29-24-12-10-23(33)15-22(24)9-11-25(29)27(30)13-14-28(30)34/h2-3,5-8,15,20,25-28,34H,4,9-14,16H2,1H3/b3-2+/t25?,26-,27?,28+,30+/m1/s1. The lowest BCUT2D eigenvalue weighted by atomic mass is 9.53. The Balaban J connectivity index is 1.50. The van der Waals surface area contributed by atoms with Crippen LogP contribution in [-0.2, 0) is 4.79 Å². The van der Waals surface area contributed by atoms with Crippen LogP contribution in [0.5, 0.6) is 0 Å². The third-order valence-electron chi connectivity index (χ3n) is 9.01. The summed E-state index contributed by atoms with van der Waals surface area (Å²) in [6.07, 6.45) is 12.5. The minimum atomic E-state index is -0.606. The molecular weight excluding hydrogens is 420 g/mol. The van der Waals surface area contributed by atoms with Crippen LogP contribution < -0.4 is 0 Å². The summed E-state index contributed by atoms with van der Waals surface area (Å²) in [6, 6.07) is 12.6. The molecule has 1 aromatic carbocycles. The summed E-state index contributed by atoms with van der Waals surface area (Å²) in [6.45, 7) is 2.30. The molecule has 0 heterocycles. The molecule has 1 N–H and O–H groups in total. The molecule has 4 aliphatic rings. The minimum Gasteiger partial charge on any atom is -0.393 e. The number of aliphatic hydroxyl groups is 1. The van der Waals surface area contributed by atoms with Gasteiger partial charge in [0.1, 0.15) is 5.92 Å². The Morgan fingerprint density at radius 2 is 1.88 bits per heavy atom. The summed E-state index contributed by atoms with van der Waals surface area (Å²) >= 11 is 0. The third kappa shape index (κ3) is 3.85. The number of hydrogen-bond acceptors (Lipinski definition) is 4. The molecule has 34 heavy (non-hydrogen) atoms. The van der Waals surface area contributed by atoms with Gasteiger partial charge in [-0.1, -0.05) is 48.9 Å². The zero-order valence-corrected chi connectivity index (χ0v) is 19.8. The van der Waals surface area contributed by atoms with Crippen molar-refractivity contribution in [2.75, 3.05) is 0 Å². The smallest absolute Gasteiger partial charge is 0.156 e. The van der Waals surface area contributed by atoms with Crippen LogP contribution in [-0.4, -0.2) is 17.0 Å². The van der Waals surface area contributed by atoms with Gasteiger partial charge in [-0.25, -0.2) is 0 Å². The van der Waals surface area contributed by atoms with Gasteiger partial charge in [0, 0.05) is 12.3 Å². The van der Waals surface area contributed by atoms with Gasteiger partial charge in [-0.2, -0.15) is 10.5 Å². The van der Waals surface area contributed by atoms with Crippen molar-refractivity contribution >= 4 is 11.9 Å². The quantitative estimate of drug-likeness (QED) is 0.606. The number of carbonyl (C=O) groups excluding carboxylic acids is 1. The number of benzene rings is 1. The Kier molecular flexibility index (Phi) is 6.05. The molecule has 5 atom stereocenters. The molecule has 4 aliphatic carbocycles. The number of nitriles is 2. The molecule has 0 spiro atoms. The highest BCUT2D eigenvalue weighted by atomic mass is 16.3. The van der Waals surface area contributed by atoms with Gasteiger partial charge in [0.15, 0.2) is 5.78 Å². The highest BCUT2D eigenvalue weighted by molar-refractivity contribution is 5.93. The van der Waals surface area contributed by atoms with E-state index in [0.29, 0.717) is 24.7 Å². The average Bonchev–Trinajstić information content (AvgIpc) is 3.15. The van der Waals surface area contributed by atoms with E-state index in [1.165, 1.54) is 16.7 Å². The fourth-order valence-electron chi connectivity index (χ4n) is 7.25. The van der Waals surface area contributed by atoms with Crippen LogP contribution in [0.2, 0.25) is 0 Å². The number of ketones is 1. The van der Waals surface area contributed by atoms with Crippen molar-refractivity contribution < 1.29 is 9.90 Å². The first-order chi connectivity index (χ1) is 16.4. The van der Waals surface area contributed by atoms with Crippen LogP contribution in [0, 0.1) is 45.8 Å². The molecule has 5 rings (SSSR count). The summed E-state index contributed by atoms with van der Waals surface area (Å²) in [7, 11) is 0. The van der Waals surface area contributed by atoms with Crippen molar-refractivity contribution in [2.45, 2.75) is 70.3 Å². The maximum Gasteiger partial charge on any atom is 0.156 e. The van der Waals surface area contributed by atoms with Crippen molar-refractivity contribution in [1.82, 2.24) is 0 Å². The van der Waals surface area contributed by atoms with Crippen molar-refractivity contribution in [3.05, 3.63) is 64.3 Å². The zero-order chi connectivity index (χ0) is 23.9. The first kappa shape index (κ1) is 22.8. The van der Waals surface area contributed by atoms with E-state index < -0.39 is 5.92 Å². The second kappa shape index (κ2) is 9.01. The van der Waals surface area contributed by atoms with Crippen molar-refractivity contribution in [3.63, 3.8) is 0 Å². The molecule has 2 fully saturated rings. The first-order valence-corrected chi connectivity index (χ1v) is 12.6. The number of carbonyl (C=O) groups is 1. The molecule has 0 radical (unpaired) electrons. The summed E-state index contributed by atoms with van der Waals surface area (Å²) in [5.41, 5.74) is 6.53. The van der Waals surface area contributed by atoms with E-state index in [1.54, 1.807) is 5.57 Å². The summed E-state index contributed by atoms with van der Waals surface area (Å²) in [5.74, 6) is 0.944. The van der Waals surface area contributed by atoms with Crippen LogP contribution in [0.3, 0.4) is 0 Å². The van der Waals surface area contributed by atoms with Gasteiger partial charge in [-0.3, -0.25) is 4.79 Å². The van der Waals surface area contributed by atoms with Gasteiger partial charge >= 0.3 is 0 Å². The Labute approximate surface area is 202 Å². The van der Waals surface area contributed by atoms with Gasteiger partial charge < -0.3 is 5.11 Å². The number of aliphatic hydroxyl groups excluding tert-OH is 1. The number of hydrogen-bond donors (Lipinski definition) is 1. The monoisotopic (exact) mass is 452 g/mol. The maximum atomic E-state index is 12.1. The number of allylic oxidation sites excluding steroid dienone is 5. The molecule has 0 aromatic heterocycles. The predicted octanol–water partition coefficient (Wildman–Crippen LogP) is 6.01. The van der Waals surface area contributed by atoms with Crippen LogP contribution in [0.15, 0.2) is 53.1 Å². The highest BCUT2D eigenvalue weighted by Crippen LogP contribution is 2.63. The fraction of sp³-hybridized carbons (Fsp3) is 0.500. The Hall–Kier alpha value is -2.95. The molecule has 0 saturated heterocycles. The van der Waals surface area contributed by atoms with E-state index in [9.17, 15) is 9.90 Å². The molecule has 4 nitrogen and oxygen atoms in total. The van der Waals surface area contributed by atoms with Crippen molar-refractivity contribution in [1.29, 1.82) is 10.5 Å². The van der Waals surface area contributed by atoms with Gasteiger partial charge in [0.25, 0.3) is 0 Å². The molecule has 0 aliphatic heterocycles. The minimum absolute atomic E-state index is 0.0622. The second-order valence-corrected chi connectivity index (χ2v) is 10.8. The van der Waals surface area contributed by atoms with Crippen LogP contribution in [0.1, 0.15) is 75.3 Å². The van der Waals surface area contributed by atoms with E-state index in [4.69, 9.17) is 10.5 Å². The average molecular weight is 453 g/mol. The predicted molar refractivity (Wildman–Crippen MR) is 131 cm³/mol. The van der Waals surface area contributed by atoms with Gasteiger partial charge in [0.05, 0.1) is 18.2 Å². The van der Waals surface area contributed by atoms with E-state index in [0.717, 1.165) is 44.1 Å². The molecule has 1 aromatic rings. The van der Waals surface area contributed by atoms with Crippen molar-refractivity contribution in [3.8, 4) is 12.1 Å². The Morgan fingerprint density at radius 1 is 1.12 bits per heavy atom. The third-order valence-corrected chi connectivity index (χ3v) is 9.01. The Morgan fingerprint density at radius 3 is 2.62 bits per heavy atom. The van der Waals surface area contributed by atoms with E-state index >= 15 is 0 Å². The van der Waals surface area contributed by atoms with Crippen LogP contribution in [0.4, 0.5) is 0 Å². The Bertz CT molecular complexity index is 1150. The zero-order valence-electron chi connectivity index (χ0n) is 19.8. The topological polar surface area (TPSA) is 84.9 Å². The van der Waals surface area contributed by atoms with Gasteiger partial charge in [-0.15, -0.1) is 0 Å². The molecule has 0 bridgehead atoms. The number of fused-ring (bicyclic) bond motifs is 4. The molecule has 2 unspecified atom stereocenters. The number of nitrogens with zero attached hydrogens (tertiary/aromatic N) is 2. The van der Waals surface area contributed by atoms with Crippen LogP contribution in [0.25, 0.3) is 6.08 Å². The van der Waals surface area contributed by atoms with Gasteiger partial charge in [0.2, 0.25) is 0 Å². The number of rotatable bonds is 4. The highest BCUT2D eigenvalue weighted by Gasteiger charge is 2.56. The lowest BCUT2D eigenvalue weighted by molar-refractivity contribution is -0.114. The fourth-order valence-corrected chi connectivity index (χ4v) is 7.25. The molecule has 0 amide bonds. The SMILES string of the molecule is C[C@]12C[C@H](c3ccc(/C=C/CC(C#N)C#N)cc3)C3=C4CCC(=O)C=C4CCC3C1CC[C@@H]2O. The summed E-state index contributed by atoms with van der Waals surface area (Å²) < 4.78 is 0. The molecular formula is C30H32N2O2. The van der Waals surface area contributed by atoms with Crippen molar-refractivity contribution in [2.24, 2.45) is 23.2 Å². The van der Waals surface area contributed by atoms with E-state index in [1.807, 2.05) is 30.4 Å².